The summed E-state index contributed by atoms with van der Waals surface area (Å²) in [6.07, 6.45) is 0. The van der Waals surface area contributed by atoms with E-state index in [1.165, 1.54) is 0 Å². The molecule has 0 amide bonds. The minimum atomic E-state index is 0.00905. The quantitative estimate of drug-likeness (QED) is 0.708. The van der Waals surface area contributed by atoms with Crippen molar-refractivity contribution in [3.63, 3.8) is 0 Å². The summed E-state index contributed by atoms with van der Waals surface area (Å²) in [5.41, 5.74) is 0.985. The SMILES string of the molecule is COc1ccc(Br)nc1C(C)(C)C. The Morgan fingerprint density at radius 1 is 1.31 bits per heavy atom. The second kappa shape index (κ2) is 3.66. The summed E-state index contributed by atoms with van der Waals surface area (Å²) in [6.45, 7) is 6.35. The Hall–Kier alpha value is -0.570. The van der Waals surface area contributed by atoms with Crippen LogP contribution in [0.1, 0.15) is 26.5 Å². The maximum atomic E-state index is 5.24. The topological polar surface area (TPSA) is 22.1 Å². The number of hydrogen-bond donors (Lipinski definition) is 0. The minimum Gasteiger partial charge on any atom is -0.495 e. The Labute approximate surface area is 87.5 Å². The molecule has 0 N–H and O–H groups in total. The van der Waals surface area contributed by atoms with Crippen LogP contribution >= 0.6 is 15.9 Å². The second-order valence-electron chi connectivity index (χ2n) is 3.93. The van der Waals surface area contributed by atoms with E-state index in [9.17, 15) is 0 Å². The third-order valence-corrected chi connectivity index (χ3v) is 2.20. The van der Waals surface area contributed by atoms with Crippen LogP contribution in [0.4, 0.5) is 0 Å². The number of aromatic nitrogens is 1. The lowest BCUT2D eigenvalue weighted by Crippen LogP contribution is -2.15. The fraction of sp³-hybridized carbons (Fsp3) is 0.500. The third kappa shape index (κ3) is 2.44. The predicted molar refractivity (Wildman–Crippen MR) is 57.2 cm³/mol. The zero-order valence-electron chi connectivity index (χ0n) is 8.39. The molecule has 0 saturated carbocycles. The fourth-order valence-corrected chi connectivity index (χ4v) is 1.43. The fourth-order valence-electron chi connectivity index (χ4n) is 1.12. The van der Waals surface area contributed by atoms with Gasteiger partial charge in [-0.05, 0) is 28.1 Å². The average Bonchev–Trinajstić information content (AvgIpc) is 2.03. The Kier molecular flexibility index (Phi) is 2.96. The molecule has 0 fully saturated rings. The van der Waals surface area contributed by atoms with E-state index in [0.29, 0.717) is 0 Å². The van der Waals surface area contributed by atoms with Crippen molar-refractivity contribution in [2.75, 3.05) is 7.11 Å². The highest BCUT2D eigenvalue weighted by molar-refractivity contribution is 9.10. The molecular formula is C10H14BrNO. The van der Waals surface area contributed by atoms with Crippen molar-refractivity contribution in [1.29, 1.82) is 0 Å². The van der Waals surface area contributed by atoms with Gasteiger partial charge in [-0.1, -0.05) is 20.8 Å². The monoisotopic (exact) mass is 243 g/mol. The highest BCUT2D eigenvalue weighted by atomic mass is 79.9. The van der Waals surface area contributed by atoms with Crippen molar-refractivity contribution in [3.05, 3.63) is 22.4 Å². The molecule has 1 aromatic heterocycles. The van der Waals surface area contributed by atoms with Gasteiger partial charge in [0.05, 0.1) is 12.8 Å². The maximum absolute atomic E-state index is 5.24. The van der Waals surface area contributed by atoms with Crippen LogP contribution in [0.25, 0.3) is 0 Å². The summed E-state index contributed by atoms with van der Waals surface area (Å²) in [4.78, 5) is 4.41. The van der Waals surface area contributed by atoms with Crippen molar-refractivity contribution >= 4 is 15.9 Å². The van der Waals surface area contributed by atoms with Crippen LogP contribution in [-0.2, 0) is 5.41 Å². The largest absolute Gasteiger partial charge is 0.495 e. The van der Waals surface area contributed by atoms with Gasteiger partial charge in [0, 0.05) is 5.41 Å². The van der Waals surface area contributed by atoms with Crippen LogP contribution in [0.5, 0.6) is 5.75 Å². The van der Waals surface area contributed by atoms with Crippen LogP contribution in [0.2, 0.25) is 0 Å². The summed E-state index contributed by atoms with van der Waals surface area (Å²) < 4.78 is 6.09. The highest BCUT2D eigenvalue weighted by Gasteiger charge is 2.20. The molecule has 0 aliphatic carbocycles. The summed E-state index contributed by atoms with van der Waals surface area (Å²) >= 11 is 3.35. The first-order valence-electron chi connectivity index (χ1n) is 4.16. The summed E-state index contributed by atoms with van der Waals surface area (Å²) in [7, 11) is 1.67. The van der Waals surface area contributed by atoms with E-state index in [2.05, 4.69) is 41.7 Å². The van der Waals surface area contributed by atoms with Gasteiger partial charge in [-0.2, -0.15) is 0 Å². The van der Waals surface area contributed by atoms with Crippen molar-refractivity contribution in [2.45, 2.75) is 26.2 Å². The first-order valence-corrected chi connectivity index (χ1v) is 4.95. The van der Waals surface area contributed by atoms with Crippen LogP contribution in [0.3, 0.4) is 0 Å². The van der Waals surface area contributed by atoms with E-state index in [-0.39, 0.29) is 5.41 Å². The second-order valence-corrected chi connectivity index (χ2v) is 4.75. The number of hydrogen-bond acceptors (Lipinski definition) is 2. The molecule has 2 nitrogen and oxygen atoms in total. The molecule has 0 aliphatic rings. The van der Waals surface area contributed by atoms with Gasteiger partial charge < -0.3 is 4.74 Å². The number of methoxy groups -OCH3 is 1. The summed E-state index contributed by atoms with van der Waals surface area (Å²) in [5, 5.41) is 0. The molecule has 0 atom stereocenters. The number of ether oxygens (including phenoxy) is 1. The lowest BCUT2D eigenvalue weighted by atomic mass is 9.91. The molecule has 1 heterocycles. The van der Waals surface area contributed by atoms with Gasteiger partial charge in [0.1, 0.15) is 10.4 Å². The lowest BCUT2D eigenvalue weighted by molar-refractivity contribution is 0.391. The van der Waals surface area contributed by atoms with Gasteiger partial charge in [-0.3, -0.25) is 0 Å². The van der Waals surface area contributed by atoms with Crippen molar-refractivity contribution in [3.8, 4) is 5.75 Å². The van der Waals surface area contributed by atoms with Gasteiger partial charge >= 0.3 is 0 Å². The van der Waals surface area contributed by atoms with Gasteiger partial charge in [-0.25, -0.2) is 4.98 Å². The molecule has 0 unspecified atom stereocenters. The molecule has 0 radical (unpaired) electrons. The molecule has 0 aliphatic heterocycles. The molecule has 0 saturated heterocycles. The summed E-state index contributed by atoms with van der Waals surface area (Å²) in [5.74, 6) is 0.843. The summed E-state index contributed by atoms with van der Waals surface area (Å²) in [6, 6.07) is 3.81. The van der Waals surface area contributed by atoms with E-state index < -0.39 is 0 Å². The molecule has 72 valence electrons. The molecule has 13 heavy (non-hydrogen) atoms. The van der Waals surface area contributed by atoms with Gasteiger partial charge in [0.2, 0.25) is 0 Å². The van der Waals surface area contributed by atoms with E-state index >= 15 is 0 Å². The zero-order chi connectivity index (χ0) is 10.1. The predicted octanol–water partition coefficient (Wildman–Crippen LogP) is 3.15. The van der Waals surface area contributed by atoms with Crippen LogP contribution in [-0.4, -0.2) is 12.1 Å². The molecule has 3 heteroatoms. The normalized spacial score (nSPS) is 11.5. The first-order chi connectivity index (χ1) is 5.95. The first kappa shape index (κ1) is 10.5. The van der Waals surface area contributed by atoms with Crippen LogP contribution < -0.4 is 4.74 Å². The van der Waals surface area contributed by atoms with Crippen LogP contribution in [0.15, 0.2) is 16.7 Å². The van der Waals surface area contributed by atoms with Gasteiger partial charge in [0.15, 0.2) is 0 Å². The van der Waals surface area contributed by atoms with Crippen molar-refractivity contribution < 1.29 is 4.74 Å². The lowest BCUT2D eigenvalue weighted by Gasteiger charge is -2.20. The van der Waals surface area contributed by atoms with E-state index in [0.717, 1.165) is 16.0 Å². The maximum Gasteiger partial charge on any atom is 0.140 e. The van der Waals surface area contributed by atoms with Gasteiger partial charge in [-0.15, -0.1) is 0 Å². The molecule has 1 rings (SSSR count). The smallest absolute Gasteiger partial charge is 0.140 e. The van der Waals surface area contributed by atoms with Gasteiger partial charge in [0.25, 0.3) is 0 Å². The average molecular weight is 244 g/mol. The highest BCUT2D eigenvalue weighted by Crippen LogP contribution is 2.30. The standard InChI is InChI=1S/C10H14BrNO/c1-10(2,3)9-7(13-4)5-6-8(11)12-9/h5-6H,1-4H3. The Balaban J connectivity index is 3.24. The Bertz CT molecular complexity index is 304. The Morgan fingerprint density at radius 3 is 2.38 bits per heavy atom. The van der Waals surface area contributed by atoms with Crippen molar-refractivity contribution in [2.24, 2.45) is 0 Å². The molecule has 0 aromatic carbocycles. The third-order valence-electron chi connectivity index (χ3n) is 1.75. The molecule has 1 aromatic rings. The molecular weight excluding hydrogens is 230 g/mol. The number of halogens is 1. The molecule has 0 bridgehead atoms. The number of pyridine rings is 1. The number of nitrogens with zero attached hydrogens (tertiary/aromatic N) is 1. The minimum absolute atomic E-state index is 0.00905. The zero-order valence-corrected chi connectivity index (χ0v) is 9.97. The molecule has 0 spiro atoms. The van der Waals surface area contributed by atoms with Crippen LogP contribution in [0, 0.1) is 0 Å². The Morgan fingerprint density at radius 2 is 1.92 bits per heavy atom. The van der Waals surface area contributed by atoms with E-state index in [1.54, 1.807) is 7.11 Å². The van der Waals surface area contributed by atoms with E-state index in [4.69, 9.17) is 4.74 Å². The van der Waals surface area contributed by atoms with E-state index in [1.807, 2.05) is 12.1 Å². The van der Waals surface area contributed by atoms with Crippen molar-refractivity contribution in [1.82, 2.24) is 4.98 Å². The number of rotatable bonds is 1.